The van der Waals surface area contributed by atoms with Gasteiger partial charge in [0.15, 0.2) is 0 Å². The van der Waals surface area contributed by atoms with Crippen LogP contribution in [0.5, 0.6) is 5.75 Å². The normalized spacial score (nSPS) is 16.6. The molecule has 0 atom stereocenters. The maximum Gasteiger partial charge on any atom is 0.144 e. The van der Waals surface area contributed by atoms with Crippen molar-refractivity contribution in [3.63, 3.8) is 0 Å². The summed E-state index contributed by atoms with van der Waals surface area (Å²) in [5.74, 6) is 0.814. The van der Waals surface area contributed by atoms with Crippen LogP contribution < -0.4 is 15.4 Å². The summed E-state index contributed by atoms with van der Waals surface area (Å²) in [7, 11) is 0. The molecule has 1 fully saturated rings. The zero-order valence-electron chi connectivity index (χ0n) is 10.6. The van der Waals surface area contributed by atoms with Crippen LogP contribution >= 0.6 is 0 Å². The van der Waals surface area contributed by atoms with Crippen molar-refractivity contribution >= 4 is 11.4 Å². The van der Waals surface area contributed by atoms with Crippen LogP contribution in [-0.2, 0) is 0 Å². The molecule has 1 aromatic carbocycles. The largest absolute Gasteiger partial charge is 0.492 e. The highest BCUT2D eigenvalue weighted by atomic mass is 16.5. The molecule has 1 aromatic rings. The number of nitrogens with zero attached hydrogens (tertiary/aromatic N) is 1. The van der Waals surface area contributed by atoms with Crippen molar-refractivity contribution in [3.8, 4) is 5.75 Å². The van der Waals surface area contributed by atoms with Gasteiger partial charge in [-0.3, -0.25) is 0 Å². The fourth-order valence-electron chi connectivity index (χ4n) is 2.40. The van der Waals surface area contributed by atoms with Crippen molar-refractivity contribution in [2.75, 3.05) is 30.3 Å². The summed E-state index contributed by atoms with van der Waals surface area (Å²) >= 11 is 0. The maximum atomic E-state index is 6.18. The molecule has 3 heteroatoms. The van der Waals surface area contributed by atoms with E-state index < -0.39 is 0 Å². The first-order valence-corrected chi connectivity index (χ1v) is 6.59. The van der Waals surface area contributed by atoms with E-state index in [9.17, 15) is 0 Å². The average Bonchev–Trinajstić information content (AvgIpc) is 2.61. The number of nitrogen functional groups attached to an aromatic ring is 1. The van der Waals surface area contributed by atoms with Gasteiger partial charge in [-0.15, -0.1) is 0 Å². The van der Waals surface area contributed by atoms with E-state index in [1.807, 2.05) is 19.1 Å². The minimum atomic E-state index is 0.660. The van der Waals surface area contributed by atoms with Crippen molar-refractivity contribution in [2.45, 2.75) is 32.6 Å². The van der Waals surface area contributed by atoms with Crippen LogP contribution in [0.2, 0.25) is 0 Å². The SMILES string of the molecule is CCOc1cccc(N2CCCCCC2)c1N. The second-order valence-corrected chi connectivity index (χ2v) is 4.52. The van der Waals surface area contributed by atoms with E-state index in [2.05, 4.69) is 11.0 Å². The van der Waals surface area contributed by atoms with E-state index in [0.717, 1.165) is 30.2 Å². The fourth-order valence-corrected chi connectivity index (χ4v) is 2.40. The molecule has 0 saturated carbocycles. The number of nitrogens with two attached hydrogens (primary N) is 1. The molecule has 0 bridgehead atoms. The molecule has 1 heterocycles. The van der Waals surface area contributed by atoms with Gasteiger partial charge in [-0.05, 0) is 31.9 Å². The quantitative estimate of drug-likeness (QED) is 0.817. The number of benzene rings is 1. The molecule has 1 aliphatic heterocycles. The van der Waals surface area contributed by atoms with Crippen LogP contribution in [0.25, 0.3) is 0 Å². The Morgan fingerprint density at radius 2 is 1.88 bits per heavy atom. The van der Waals surface area contributed by atoms with Crippen molar-refractivity contribution in [2.24, 2.45) is 0 Å². The first-order chi connectivity index (χ1) is 8.33. The Kier molecular flexibility index (Phi) is 4.13. The predicted octanol–water partition coefficient (Wildman–Crippen LogP) is 3.05. The summed E-state index contributed by atoms with van der Waals surface area (Å²) in [6.07, 6.45) is 5.19. The van der Waals surface area contributed by atoms with Gasteiger partial charge in [0.2, 0.25) is 0 Å². The monoisotopic (exact) mass is 234 g/mol. The number of ether oxygens (including phenoxy) is 1. The summed E-state index contributed by atoms with van der Waals surface area (Å²) < 4.78 is 5.55. The third-order valence-corrected chi connectivity index (χ3v) is 3.29. The lowest BCUT2D eigenvalue weighted by atomic mass is 10.2. The van der Waals surface area contributed by atoms with E-state index in [-0.39, 0.29) is 0 Å². The molecule has 0 spiro atoms. The summed E-state index contributed by atoms with van der Waals surface area (Å²) in [6.45, 7) is 4.87. The third-order valence-electron chi connectivity index (χ3n) is 3.29. The van der Waals surface area contributed by atoms with E-state index in [1.54, 1.807) is 0 Å². The van der Waals surface area contributed by atoms with Gasteiger partial charge in [-0.1, -0.05) is 18.9 Å². The number of anilines is 2. The molecule has 1 aliphatic rings. The van der Waals surface area contributed by atoms with E-state index in [0.29, 0.717) is 6.61 Å². The maximum absolute atomic E-state index is 6.18. The minimum Gasteiger partial charge on any atom is -0.492 e. The first kappa shape index (κ1) is 12.1. The minimum absolute atomic E-state index is 0.660. The Morgan fingerprint density at radius 1 is 1.18 bits per heavy atom. The van der Waals surface area contributed by atoms with Crippen molar-refractivity contribution in [1.29, 1.82) is 0 Å². The molecule has 0 radical (unpaired) electrons. The van der Waals surface area contributed by atoms with Crippen LogP contribution in [0.4, 0.5) is 11.4 Å². The summed E-state index contributed by atoms with van der Waals surface area (Å²) in [6, 6.07) is 6.07. The van der Waals surface area contributed by atoms with Crippen molar-refractivity contribution in [1.82, 2.24) is 0 Å². The van der Waals surface area contributed by atoms with Crippen LogP contribution in [0, 0.1) is 0 Å². The lowest BCUT2D eigenvalue weighted by Gasteiger charge is -2.25. The summed E-state index contributed by atoms with van der Waals surface area (Å²) in [4.78, 5) is 2.39. The predicted molar refractivity (Wildman–Crippen MR) is 72.7 cm³/mol. The molecule has 17 heavy (non-hydrogen) atoms. The molecule has 0 aromatic heterocycles. The van der Waals surface area contributed by atoms with Gasteiger partial charge in [0.1, 0.15) is 5.75 Å². The Morgan fingerprint density at radius 3 is 2.53 bits per heavy atom. The van der Waals surface area contributed by atoms with Crippen molar-refractivity contribution < 1.29 is 4.74 Å². The van der Waals surface area contributed by atoms with Gasteiger partial charge < -0.3 is 15.4 Å². The molecule has 2 N–H and O–H groups in total. The lowest BCUT2D eigenvalue weighted by molar-refractivity contribution is 0.342. The van der Waals surface area contributed by atoms with Crippen LogP contribution in [0.3, 0.4) is 0 Å². The summed E-state index contributed by atoms with van der Waals surface area (Å²) in [5, 5.41) is 0. The second-order valence-electron chi connectivity index (χ2n) is 4.52. The topological polar surface area (TPSA) is 38.5 Å². The highest BCUT2D eigenvalue weighted by molar-refractivity contribution is 5.74. The van der Waals surface area contributed by atoms with Crippen molar-refractivity contribution in [3.05, 3.63) is 18.2 Å². The van der Waals surface area contributed by atoms with Crippen LogP contribution in [0.15, 0.2) is 18.2 Å². The molecule has 2 rings (SSSR count). The summed E-state index contributed by atoms with van der Waals surface area (Å²) in [5.41, 5.74) is 8.11. The van der Waals surface area contributed by atoms with Gasteiger partial charge in [0, 0.05) is 13.1 Å². The molecule has 3 nitrogen and oxygen atoms in total. The molecule has 1 saturated heterocycles. The van der Waals surface area contributed by atoms with Gasteiger partial charge in [-0.25, -0.2) is 0 Å². The second kappa shape index (κ2) is 5.80. The molecule has 0 aliphatic carbocycles. The van der Waals surface area contributed by atoms with Gasteiger partial charge in [0.05, 0.1) is 18.0 Å². The number of hydrogen-bond donors (Lipinski definition) is 1. The van der Waals surface area contributed by atoms with Gasteiger partial charge in [0.25, 0.3) is 0 Å². The Labute approximate surface area is 104 Å². The number of hydrogen-bond acceptors (Lipinski definition) is 3. The van der Waals surface area contributed by atoms with Crippen LogP contribution in [0.1, 0.15) is 32.6 Å². The third kappa shape index (κ3) is 2.84. The van der Waals surface area contributed by atoms with Gasteiger partial charge in [-0.2, -0.15) is 0 Å². The fraction of sp³-hybridized carbons (Fsp3) is 0.571. The highest BCUT2D eigenvalue weighted by Crippen LogP contribution is 2.33. The number of para-hydroxylation sites is 1. The first-order valence-electron chi connectivity index (χ1n) is 6.59. The lowest BCUT2D eigenvalue weighted by Crippen LogP contribution is -2.24. The highest BCUT2D eigenvalue weighted by Gasteiger charge is 2.14. The Bertz CT molecular complexity index is 357. The van der Waals surface area contributed by atoms with E-state index in [4.69, 9.17) is 10.5 Å². The molecule has 0 unspecified atom stereocenters. The molecule has 94 valence electrons. The Hall–Kier alpha value is -1.38. The Balaban J connectivity index is 2.21. The number of rotatable bonds is 3. The average molecular weight is 234 g/mol. The van der Waals surface area contributed by atoms with Gasteiger partial charge >= 0.3 is 0 Å². The van der Waals surface area contributed by atoms with E-state index in [1.165, 1.54) is 25.7 Å². The van der Waals surface area contributed by atoms with E-state index >= 15 is 0 Å². The smallest absolute Gasteiger partial charge is 0.144 e. The van der Waals surface area contributed by atoms with Crippen LogP contribution in [-0.4, -0.2) is 19.7 Å². The standard InChI is InChI=1S/C14H22N2O/c1-2-17-13-9-7-8-12(14(13)15)16-10-5-3-4-6-11-16/h7-9H,2-6,10-11,15H2,1H3. The molecular formula is C14H22N2O. The molecule has 0 amide bonds. The zero-order chi connectivity index (χ0) is 12.1. The zero-order valence-corrected chi connectivity index (χ0v) is 10.6. The molecular weight excluding hydrogens is 212 g/mol.